The number of carbonyl (C=O) groups excluding carboxylic acids is 2. The van der Waals surface area contributed by atoms with E-state index < -0.39 is 25.1 Å². The lowest BCUT2D eigenvalue weighted by Gasteiger charge is -2.47. The normalized spacial score (nSPS) is 22.6. The number of phenolic OH excluding ortho intramolecular Hbond substituents is 1. The van der Waals surface area contributed by atoms with Crippen molar-refractivity contribution in [3.05, 3.63) is 137 Å². The number of nitrogens with zero attached hydrogens (tertiary/aromatic N) is 1. The molecule has 2 aliphatic carbocycles. The maximum absolute atomic E-state index is 14.1. The molecule has 2 heterocycles. The molecule has 0 unspecified atom stereocenters. The molecule has 1 saturated heterocycles. The zero-order valence-electron chi connectivity index (χ0n) is 25.3. The van der Waals surface area contributed by atoms with E-state index in [2.05, 4.69) is 4.98 Å². The van der Waals surface area contributed by atoms with Gasteiger partial charge in [0.05, 0.1) is 11.8 Å². The Morgan fingerprint density at radius 1 is 0.913 bits per heavy atom. The fourth-order valence-corrected chi connectivity index (χ4v) is 7.42. The van der Waals surface area contributed by atoms with Crippen molar-refractivity contribution in [3.8, 4) is 11.5 Å². The summed E-state index contributed by atoms with van der Waals surface area (Å²) in [7, 11) is -1.08. The highest BCUT2D eigenvalue weighted by atomic mass is 16.5. The van der Waals surface area contributed by atoms with Gasteiger partial charge in [-0.05, 0) is 96.3 Å². The monoisotopic (exact) mass is 611 g/mol. The molecular formula is C38H34BNO6. The third kappa shape index (κ3) is 5.94. The van der Waals surface area contributed by atoms with Crippen LogP contribution in [0.5, 0.6) is 11.5 Å². The molecule has 3 aromatic carbocycles. The molecule has 7 nitrogen and oxygen atoms in total. The molecule has 3 aliphatic rings. The average Bonchev–Trinajstić information content (AvgIpc) is 3.08. The van der Waals surface area contributed by atoms with Crippen LogP contribution in [0.2, 0.25) is 6.32 Å². The van der Waals surface area contributed by atoms with Crippen molar-refractivity contribution in [2.45, 2.75) is 31.7 Å². The molecule has 7 rings (SSSR count). The molecule has 4 atom stereocenters. The summed E-state index contributed by atoms with van der Waals surface area (Å²) in [6, 6.07) is 29.4. The highest BCUT2D eigenvalue weighted by Gasteiger charge is 2.53. The van der Waals surface area contributed by atoms with E-state index in [1.54, 1.807) is 48.7 Å². The molecule has 1 aromatic heterocycles. The second kappa shape index (κ2) is 12.9. The Morgan fingerprint density at radius 2 is 1.67 bits per heavy atom. The number of aromatic hydroxyl groups is 1. The van der Waals surface area contributed by atoms with Crippen molar-refractivity contribution in [3.63, 3.8) is 0 Å². The van der Waals surface area contributed by atoms with Crippen LogP contribution in [-0.2, 0) is 4.65 Å². The standard InChI is InChI=1S/C38H34BNO6/c41-27-10-8-9-24(20-27)19-25(33-15-6-7-18-40-33)16-17-34-35-26(23-45-28-11-2-1-3-12-28)21-31-36(32(35)22-39(44)46-34)38(43)30-14-5-4-13-29(30)37(31)42/h1-15,18-20,31-32,34,36,41,44H,16-17,21-23H2/b25-19-/t31-,32+,34-,36-/m1/s1. The first-order valence-electron chi connectivity index (χ1n) is 15.8. The van der Waals surface area contributed by atoms with Gasteiger partial charge in [-0.1, -0.05) is 60.7 Å². The molecular weight excluding hydrogens is 577 g/mol. The van der Waals surface area contributed by atoms with Crippen LogP contribution in [0.3, 0.4) is 0 Å². The summed E-state index contributed by atoms with van der Waals surface area (Å²) in [5.41, 5.74) is 5.42. The van der Waals surface area contributed by atoms with Crippen LogP contribution in [0.15, 0.2) is 114 Å². The van der Waals surface area contributed by atoms with Crippen molar-refractivity contribution in [1.29, 1.82) is 0 Å². The summed E-state index contributed by atoms with van der Waals surface area (Å²) in [4.78, 5) is 32.5. The topological polar surface area (TPSA) is 106 Å². The molecule has 0 radical (unpaired) electrons. The predicted molar refractivity (Wildman–Crippen MR) is 176 cm³/mol. The number of para-hydroxylation sites is 1. The number of allylic oxidation sites excluding steroid dienone is 1. The fourth-order valence-electron chi connectivity index (χ4n) is 7.42. The van der Waals surface area contributed by atoms with Crippen molar-refractivity contribution < 1.29 is 29.1 Å². The second-order valence-corrected chi connectivity index (χ2v) is 12.2. The largest absolute Gasteiger partial charge is 0.508 e. The number of hydrogen-bond acceptors (Lipinski definition) is 7. The van der Waals surface area contributed by atoms with Gasteiger partial charge in [0.1, 0.15) is 18.1 Å². The molecule has 1 aliphatic heterocycles. The summed E-state index contributed by atoms with van der Waals surface area (Å²) in [5.74, 6) is -0.639. The van der Waals surface area contributed by atoms with Crippen molar-refractivity contribution >= 4 is 30.3 Å². The van der Waals surface area contributed by atoms with Gasteiger partial charge in [0.25, 0.3) is 0 Å². The zero-order chi connectivity index (χ0) is 31.6. The molecule has 0 saturated carbocycles. The number of ether oxygens (including phenoxy) is 1. The SMILES string of the molecule is O=C1c2ccccc2C(=O)[C@@H]2CC(COc3ccccc3)=C3[C@@H](CC/C(=C/c4cccc(O)c4)c4ccccn4)OB(O)C[C@@H]3[C@H]12. The van der Waals surface area contributed by atoms with E-state index in [4.69, 9.17) is 9.39 Å². The molecule has 0 bridgehead atoms. The Balaban J connectivity index is 1.26. The second-order valence-electron chi connectivity index (χ2n) is 12.2. The maximum Gasteiger partial charge on any atom is 0.455 e. The van der Waals surface area contributed by atoms with Gasteiger partial charge in [-0.3, -0.25) is 14.6 Å². The molecule has 8 heteroatoms. The van der Waals surface area contributed by atoms with E-state index in [9.17, 15) is 19.7 Å². The highest BCUT2D eigenvalue weighted by Crippen LogP contribution is 2.51. The van der Waals surface area contributed by atoms with Crippen LogP contribution in [0.4, 0.5) is 0 Å². The molecule has 1 fully saturated rings. The number of pyridine rings is 1. The van der Waals surface area contributed by atoms with E-state index in [0.29, 0.717) is 36.1 Å². The molecule has 46 heavy (non-hydrogen) atoms. The average molecular weight is 612 g/mol. The lowest BCUT2D eigenvalue weighted by Crippen LogP contribution is -2.51. The Morgan fingerprint density at radius 3 is 2.43 bits per heavy atom. The van der Waals surface area contributed by atoms with Gasteiger partial charge in [-0.15, -0.1) is 0 Å². The van der Waals surface area contributed by atoms with Gasteiger partial charge in [0.15, 0.2) is 11.6 Å². The minimum atomic E-state index is -1.08. The molecule has 4 aromatic rings. The van der Waals surface area contributed by atoms with Crippen LogP contribution in [0, 0.1) is 17.8 Å². The number of fused-ring (bicyclic) bond motifs is 4. The summed E-state index contributed by atoms with van der Waals surface area (Å²) in [5, 5.41) is 21.2. The van der Waals surface area contributed by atoms with E-state index in [-0.39, 0.29) is 36.2 Å². The van der Waals surface area contributed by atoms with Gasteiger partial charge in [0.2, 0.25) is 0 Å². The van der Waals surface area contributed by atoms with Crippen molar-refractivity contribution in [2.24, 2.45) is 17.8 Å². The van der Waals surface area contributed by atoms with E-state index in [1.807, 2.05) is 60.7 Å². The fraction of sp³-hybridized carbons (Fsp3) is 0.237. The van der Waals surface area contributed by atoms with Gasteiger partial charge in [-0.25, -0.2) is 0 Å². The number of rotatable bonds is 8. The van der Waals surface area contributed by atoms with Gasteiger partial charge < -0.3 is 19.5 Å². The quantitative estimate of drug-likeness (QED) is 0.169. The number of phenols is 1. The molecule has 0 spiro atoms. The Hall–Kier alpha value is -4.79. The summed E-state index contributed by atoms with van der Waals surface area (Å²) in [6.45, 7) is 0.254. The zero-order valence-corrected chi connectivity index (χ0v) is 25.3. The van der Waals surface area contributed by atoms with Crippen LogP contribution < -0.4 is 4.74 Å². The van der Waals surface area contributed by atoms with E-state index in [1.165, 1.54) is 0 Å². The first-order valence-corrected chi connectivity index (χ1v) is 15.8. The van der Waals surface area contributed by atoms with Crippen LogP contribution in [-0.4, -0.2) is 46.5 Å². The summed E-state index contributed by atoms with van der Waals surface area (Å²) >= 11 is 0. The maximum atomic E-state index is 14.1. The third-order valence-electron chi connectivity index (χ3n) is 9.40. The summed E-state index contributed by atoms with van der Waals surface area (Å²) in [6.07, 6.45) is 4.94. The van der Waals surface area contributed by atoms with Gasteiger partial charge in [-0.2, -0.15) is 0 Å². The minimum absolute atomic E-state index is 0.0273. The number of carbonyl (C=O) groups is 2. The van der Waals surface area contributed by atoms with E-state index >= 15 is 0 Å². The highest BCUT2D eigenvalue weighted by molar-refractivity contribution is 6.43. The summed E-state index contributed by atoms with van der Waals surface area (Å²) < 4.78 is 12.5. The number of aromatic nitrogens is 1. The lowest BCUT2D eigenvalue weighted by molar-refractivity contribution is 0.0593. The number of benzene rings is 3. The first kappa shape index (κ1) is 29.9. The number of hydrogen-bond donors (Lipinski definition) is 2. The van der Waals surface area contributed by atoms with Crippen molar-refractivity contribution in [1.82, 2.24) is 4.98 Å². The number of ketones is 2. The Labute approximate surface area is 268 Å². The van der Waals surface area contributed by atoms with Gasteiger partial charge >= 0.3 is 7.12 Å². The Bertz CT molecular complexity index is 1820. The predicted octanol–water partition coefficient (Wildman–Crippen LogP) is 6.69. The lowest BCUT2D eigenvalue weighted by atomic mass is 9.54. The van der Waals surface area contributed by atoms with Gasteiger partial charge in [0, 0.05) is 29.2 Å². The molecule has 230 valence electrons. The molecule has 2 N–H and O–H groups in total. The molecule has 0 amide bonds. The number of Topliss-reactive ketones (excluding diaryl/α,β-unsaturated/α-hetero) is 2. The van der Waals surface area contributed by atoms with Crippen LogP contribution in [0.25, 0.3) is 11.6 Å². The van der Waals surface area contributed by atoms with Crippen LogP contribution >= 0.6 is 0 Å². The Kier molecular flexibility index (Phi) is 8.39. The minimum Gasteiger partial charge on any atom is -0.508 e. The smallest absolute Gasteiger partial charge is 0.455 e. The van der Waals surface area contributed by atoms with E-state index in [0.717, 1.165) is 28.0 Å². The van der Waals surface area contributed by atoms with Crippen LogP contribution in [0.1, 0.15) is 51.2 Å². The third-order valence-corrected chi connectivity index (χ3v) is 9.40. The first-order chi connectivity index (χ1) is 22.5. The van der Waals surface area contributed by atoms with Crippen molar-refractivity contribution in [2.75, 3.05) is 6.61 Å².